The number of hydrogen-bond donors (Lipinski definition) is 0. The number of hydrogen-bond acceptors (Lipinski definition) is 1. The van der Waals surface area contributed by atoms with Crippen LogP contribution in [0.25, 0.3) is 0 Å². The van der Waals surface area contributed by atoms with Crippen LogP contribution in [0.5, 0.6) is 0 Å². The van der Waals surface area contributed by atoms with Gasteiger partial charge in [0.25, 0.3) is 5.91 Å². The second kappa shape index (κ2) is 6.80. The number of alkyl halides is 1. The van der Waals surface area contributed by atoms with Crippen LogP contribution < -0.4 is 0 Å². The van der Waals surface area contributed by atoms with Gasteiger partial charge in [-0.3, -0.25) is 4.79 Å². The number of carbonyl (C=O) groups excluding carboxylic acids is 1. The minimum atomic E-state index is 0.144. The molecule has 1 aromatic rings. The molecule has 0 fully saturated rings. The minimum absolute atomic E-state index is 0.144. The molecule has 2 nitrogen and oxygen atoms in total. The number of halogens is 1. The lowest BCUT2D eigenvalue weighted by atomic mass is 10.0. The molecule has 0 bridgehead atoms. The van der Waals surface area contributed by atoms with Gasteiger partial charge in [0.05, 0.1) is 0 Å². The molecule has 0 aliphatic heterocycles. The zero-order valence-electron chi connectivity index (χ0n) is 10.8. The molecule has 1 aromatic carbocycles. The Bertz CT molecular complexity index is 390. The Morgan fingerprint density at radius 2 is 2.06 bits per heavy atom. The van der Waals surface area contributed by atoms with Crippen LogP contribution in [0.2, 0.25) is 0 Å². The summed E-state index contributed by atoms with van der Waals surface area (Å²) in [5, 5.41) is 0.934. The highest BCUT2D eigenvalue weighted by Crippen LogP contribution is 2.13. The molecule has 0 saturated heterocycles. The summed E-state index contributed by atoms with van der Waals surface area (Å²) in [5.41, 5.74) is 3.09. The van der Waals surface area contributed by atoms with E-state index in [0.717, 1.165) is 36.0 Å². The standard InChI is InChI=1S/C14H20BrNO/c1-4-16(9-5-8-15)14(17)13-7-6-11(2)10-12(13)3/h6-7,10H,4-5,8-9H2,1-3H3. The molecule has 0 spiro atoms. The molecule has 0 unspecified atom stereocenters. The van der Waals surface area contributed by atoms with Crippen LogP contribution in [0.3, 0.4) is 0 Å². The van der Waals surface area contributed by atoms with Gasteiger partial charge in [-0.2, -0.15) is 0 Å². The smallest absolute Gasteiger partial charge is 0.254 e. The van der Waals surface area contributed by atoms with Crippen LogP contribution in [-0.2, 0) is 0 Å². The molecular formula is C14H20BrNO. The summed E-state index contributed by atoms with van der Waals surface area (Å²) < 4.78 is 0. The van der Waals surface area contributed by atoms with E-state index in [1.54, 1.807) is 0 Å². The van der Waals surface area contributed by atoms with E-state index in [0.29, 0.717) is 0 Å². The van der Waals surface area contributed by atoms with Crippen molar-refractivity contribution in [2.24, 2.45) is 0 Å². The third-order valence-corrected chi connectivity index (χ3v) is 3.40. The van der Waals surface area contributed by atoms with E-state index in [9.17, 15) is 4.79 Å². The number of carbonyl (C=O) groups is 1. The van der Waals surface area contributed by atoms with E-state index in [1.165, 1.54) is 5.56 Å². The van der Waals surface area contributed by atoms with Crippen LogP contribution in [0.1, 0.15) is 34.8 Å². The molecule has 3 heteroatoms. The van der Waals surface area contributed by atoms with Crippen molar-refractivity contribution in [1.29, 1.82) is 0 Å². The fourth-order valence-corrected chi connectivity index (χ4v) is 2.13. The second-order valence-electron chi connectivity index (χ2n) is 4.25. The predicted molar refractivity (Wildman–Crippen MR) is 75.9 cm³/mol. The number of nitrogens with zero attached hydrogens (tertiary/aromatic N) is 1. The first kappa shape index (κ1) is 14.2. The van der Waals surface area contributed by atoms with Crippen molar-refractivity contribution in [1.82, 2.24) is 4.90 Å². The molecule has 1 rings (SSSR count). The molecular weight excluding hydrogens is 278 g/mol. The normalized spacial score (nSPS) is 10.4. The SMILES string of the molecule is CCN(CCCBr)C(=O)c1ccc(C)cc1C. The highest BCUT2D eigenvalue weighted by Gasteiger charge is 2.15. The summed E-state index contributed by atoms with van der Waals surface area (Å²) in [5.74, 6) is 0.144. The fourth-order valence-electron chi connectivity index (χ4n) is 1.88. The summed E-state index contributed by atoms with van der Waals surface area (Å²) in [6, 6.07) is 5.99. The van der Waals surface area contributed by atoms with Gasteiger partial charge in [-0.25, -0.2) is 0 Å². The monoisotopic (exact) mass is 297 g/mol. The van der Waals surface area contributed by atoms with E-state index >= 15 is 0 Å². The van der Waals surface area contributed by atoms with E-state index in [2.05, 4.69) is 22.0 Å². The van der Waals surface area contributed by atoms with Gasteiger partial charge in [0.15, 0.2) is 0 Å². The molecule has 0 aromatic heterocycles. The van der Waals surface area contributed by atoms with Crippen molar-refractivity contribution in [2.45, 2.75) is 27.2 Å². The second-order valence-corrected chi connectivity index (χ2v) is 5.04. The van der Waals surface area contributed by atoms with E-state index in [1.807, 2.05) is 37.8 Å². The van der Waals surface area contributed by atoms with Crippen LogP contribution in [-0.4, -0.2) is 29.2 Å². The molecule has 0 N–H and O–H groups in total. The number of rotatable bonds is 5. The first-order valence-electron chi connectivity index (χ1n) is 6.02. The molecule has 1 amide bonds. The number of amides is 1. The first-order valence-corrected chi connectivity index (χ1v) is 7.14. The molecule has 0 aliphatic carbocycles. The summed E-state index contributed by atoms with van der Waals surface area (Å²) in [7, 11) is 0. The first-order chi connectivity index (χ1) is 8.10. The Kier molecular flexibility index (Phi) is 5.69. The maximum absolute atomic E-state index is 12.3. The Hall–Kier alpha value is -0.830. The Morgan fingerprint density at radius 3 is 2.59 bits per heavy atom. The van der Waals surface area contributed by atoms with E-state index in [-0.39, 0.29) is 5.91 Å². The Morgan fingerprint density at radius 1 is 1.35 bits per heavy atom. The third-order valence-electron chi connectivity index (χ3n) is 2.84. The highest BCUT2D eigenvalue weighted by molar-refractivity contribution is 9.09. The molecule has 0 aliphatic rings. The van der Waals surface area contributed by atoms with E-state index in [4.69, 9.17) is 0 Å². The zero-order valence-corrected chi connectivity index (χ0v) is 12.4. The number of benzene rings is 1. The van der Waals surface area contributed by atoms with Gasteiger partial charge in [0.1, 0.15) is 0 Å². The maximum Gasteiger partial charge on any atom is 0.254 e. The van der Waals surface area contributed by atoms with Crippen molar-refractivity contribution in [3.8, 4) is 0 Å². The van der Waals surface area contributed by atoms with Crippen LogP contribution in [0.4, 0.5) is 0 Å². The van der Waals surface area contributed by atoms with Crippen molar-refractivity contribution in [2.75, 3.05) is 18.4 Å². The van der Waals surface area contributed by atoms with E-state index < -0.39 is 0 Å². The van der Waals surface area contributed by atoms with Crippen LogP contribution in [0.15, 0.2) is 18.2 Å². The minimum Gasteiger partial charge on any atom is -0.339 e. The van der Waals surface area contributed by atoms with Gasteiger partial charge in [0.2, 0.25) is 0 Å². The van der Waals surface area contributed by atoms with Crippen molar-refractivity contribution >= 4 is 21.8 Å². The Balaban J connectivity index is 2.86. The molecule has 94 valence electrons. The van der Waals surface area contributed by atoms with Gasteiger partial charge in [-0.05, 0) is 38.8 Å². The van der Waals surface area contributed by atoms with Crippen LogP contribution >= 0.6 is 15.9 Å². The molecule has 0 atom stereocenters. The fraction of sp³-hybridized carbons (Fsp3) is 0.500. The quantitative estimate of drug-likeness (QED) is 0.761. The Labute approximate surface area is 112 Å². The summed E-state index contributed by atoms with van der Waals surface area (Å²) in [6.07, 6.45) is 0.991. The van der Waals surface area contributed by atoms with Gasteiger partial charge < -0.3 is 4.90 Å². The van der Waals surface area contributed by atoms with Crippen molar-refractivity contribution < 1.29 is 4.79 Å². The van der Waals surface area contributed by atoms with Crippen molar-refractivity contribution in [3.05, 3.63) is 34.9 Å². The summed E-state index contributed by atoms with van der Waals surface area (Å²) in [6.45, 7) is 7.64. The molecule has 0 saturated carbocycles. The molecule has 0 heterocycles. The van der Waals surface area contributed by atoms with Gasteiger partial charge in [-0.1, -0.05) is 33.6 Å². The van der Waals surface area contributed by atoms with Gasteiger partial charge in [0, 0.05) is 24.0 Å². The topological polar surface area (TPSA) is 20.3 Å². The lowest BCUT2D eigenvalue weighted by Crippen LogP contribution is -2.32. The van der Waals surface area contributed by atoms with Gasteiger partial charge in [-0.15, -0.1) is 0 Å². The summed E-state index contributed by atoms with van der Waals surface area (Å²) >= 11 is 3.40. The molecule has 17 heavy (non-hydrogen) atoms. The average molecular weight is 298 g/mol. The zero-order chi connectivity index (χ0) is 12.8. The van der Waals surface area contributed by atoms with Crippen molar-refractivity contribution in [3.63, 3.8) is 0 Å². The van der Waals surface area contributed by atoms with Crippen LogP contribution in [0, 0.1) is 13.8 Å². The van der Waals surface area contributed by atoms with Gasteiger partial charge >= 0.3 is 0 Å². The average Bonchev–Trinajstić information content (AvgIpc) is 2.29. The number of aryl methyl sites for hydroxylation is 2. The maximum atomic E-state index is 12.3. The lowest BCUT2D eigenvalue weighted by molar-refractivity contribution is 0.0764. The predicted octanol–water partition coefficient (Wildman–Crippen LogP) is 3.55. The molecule has 0 radical (unpaired) electrons. The third kappa shape index (κ3) is 3.84. The lowest BCUT2D eigenvalue weighted by Gasteiger charge is -2.21. The largest absolute Gasteiger partial charge is 0.339 e. The highest BCUT2D eigenvalue weighted by atomic mass is 79.9. The summed E-state index contributed by atoms with van der Waals surface area (Å²) in [4.78, 5) is 14.2.